The highest BCUT2D eigenvalue weighted by molar-refractivity contribution is 7.80. The van der Waals surface area contributed by atoms with Crippen molar-refractivity contribution in [3.05, 3.63) is 95.6 Å². The van der Waals surface area contributed by atoms with Crippen molar-refractivity contribution in [1.29, 1.82) is 0 Å². The van der Waals surface area contributed by atoms with Crippen LogP contribution in [-0.2, 0) is 0 Å². The lowest BCUT2D eigenvalue weighted by Crippen LogP contribution is -2.48. The van der Waals surface area contributed by atoms with Gasteiger partial charge in [0.15, 0.2) is 5.11 Å². The van der Waals surface area contributed by atoms with Gasteiger partial charge in [0.2, 0.25) is 0 Å². The molecule has 0 bridgehead atoms. The van der Waals surface area contributed by atoms with E-state index >= 15 is 0 Å². The van der Waals surface area contributed by atoms with Crippen molar-refractivity contribution in [3.8, 4) is 5.75 Å². The van der Waals surface area contributed by atoms with Gasteiger partial charge in [0, 0.05) is 16.8 Å². The molecule has 3 amide bonds. The number of unbranched alkanes of at least 4 members (excludes halogenated alkanes) is 3. The van der Waals surface area contributed by atoms with Crippen LogP contribution in [0, 0.1) is 0 Å². The Labute approximate surface area is 221 Å². The summed E-state index contributed by atoms with van der Waals surface area (Å²) in [6, 6.07) is 22.1. The second-order valence-corrected chi connectivity index (χ2v) is 8.57. The van der Waals surface area contributed by atoms with E-state index in [4.69, 9.17) is 17.0 Å². The second-order valence-electron chi connectivity index (χ2n) is 8.17. The van der Waals surface area contributed by atoms with Crippen molar-refractivity contribution in [2.75, 3.05) is 11.9 Å². The van der Waals surface area contributed by atoms with Crippen LogP contribution in [0.5, 0.6) is 5.75 Å². The molecule has 37 heavy (non-hydrogen) atoms. The maximum atomic E-state index is 12.7. The first-order valence-electron chi connectivity index (χ1n) is 12.1. The third kappa shape index (κ3) is 8.73. The van der Waals surface area contributed by atoms with Gasteiger partial charge >= 0.3 is 0 Å². The molecule has 0 radical (unpaired) electrons. The molecule has 0 aliphatic rings. The summed E-state index contributed by atoms with van der Waals surface area (Å²) in [5.41, 5.74) is 6.74. The number of amides is 3. The first-order chi connectivity index (χ1) is 18.0. The molecule has 0 spiro atoms. The van der Waals surface area contributed by atoms with Crippen LogP contribution in [-0.4, -0.2) is 29.4 Å². The molecule has 0 atom stereocenters. The fraction of sp³-hybridized carbons (Fsp3) is 0.214. The summed E-state index contributed by atoms with van der Waals surface area (Å²) in [7, 11) is 0. The summed E-state index contributed by atoms with van der Waals surface area (Å²) < 4.78 is 5.78. The molecule has 9 heteroatoms. The van der Waals surface area contributed by atoms with E-state index in [0.29, 0.717) is 34.7 Å². The quantitative estimate of drug-likeness (QED) is 0.174. The lowest BCUT2D eigenvalue weighted by molar-refractivity contribution is 0.0933. The van der Waals surface area contributed by atoms with Gasteiger partial charge in [-0.2, -0.15) is 0 Å². The molecule has 0 heterocycles. The number of ether oxygens (including phenoxy) is 1. The van der Waals surface area contributed by atoms with Gasteiger partial charge < -0.3 is 10.1 Å². The van der Waals surface area contributed by atoms with Gasteiger partial charge in [0.1, 0.15) is 5.75 Å². The third-order valence-electron chi connectivity index (χ3n) is 5.34. The summed E-state index contributed by atoms with van der Waals surface area (Å²) in [5, 5.41) is 5.25. The van der Waals surface area contributed by atoms with Crippen LogP contribution in [0.2, 0.25) is 0 Å². The Morgan fingerprint density at radius 2 is 1.41 bits per heavy atom. The number of thiocarbonyl (C=S) groups is 1. The van der Waals surface area contributed by atoms with E-state index in [1.165, 1.54) is 0 Å². The Morgan fingerprint density at radius 1 is 0.730 bits per heavy atom. The number of rotatable bonds is 10. The fourth-order valence-electron chi connectivity index (χ4n) is 3.38. The molecular formula is C28H30N4O4S. The van der Waals surface area contributed by atoms with Crippen molar-refractivity contribution < 1.29 is 19.1 Å². The predicted molar refractivity (Wildman–Crippen MR) is 148 cm³/mol. The van der Waals surface area contributed by atoms with Gasteiger partial charge in [-0.25, -0.2) is 0 Å². The van der Waals surface area contributed by atoms with Gasteiger partial charge in [-0.1, -0.05) is 56.5 Å². The van der Waals surface area contributed by atoms with E-state index in [1.54, 1.807) is 72.8 Å². The first kappa shape index (κ1) is 27.3. The highest BCUT2D eigenvalue weighted by atomic mass is 32.1. The number of hydrogen-bond donors (Lipinski definition) is 4. The Bertz CT molecular complexity index is 1220. The summed E-state index contributed by atoms with van der Waals surface area (Å²) >= 11 is 5.15. The van der Waals surface area contributed by atoms with Crippen molar-refractivity contribution in [2.24, 2.45) is 0 Å². The van der Waals surface area contributed by atoms with E-state index in [0.717, 1.165) is 25.7 Å². The Kier molecular flexibility index (Phi) is 10.6. The van der Waals surface area contributed by atoms with Crippen LogP contribution in [0.1, 0.15) is 63.7 Å². The summed E-state index contributed by atoms with van der Waals surface area (Å²) in [6.07, 6.45) is 4.27. The fourth-order valence-corrected chi connectivity index (χ4v) is 3.52. The van der Waals surface area contributed by atoms with E-state index in [9.17, 15) is 14.4 Å². The highest BCUT2D eigenvalue weighted by Crippen LogP contribution is 2.18. The molecular weight excluding hydrogens is 488 g/mol. The lowest BCUT2D eigenvalue weighted by atomic mass is 10.1. The van der Waals surface area contributed by atoms with Crippen molar-refractivity contribution in [3.63, 3.8) is 0 Å². The average Bonchev–Trinajstić information content (AvgIpc) is 2.92. The van der Waals surface area contributed by atoms with Gasteiger partial charge in [-0.3, -0.25) is 30.6 Å². The zero-order chi connectivity index (χ0) is 26.5. The zero-order valence-electron chi connectivity index (χ0n) is 20.6. The Balaban J connectivity index is 1.46. The first-order valence-corrected chi connectivity index (χ1v) is 12.5. The van der Waals surface area contributed by atoms with Gasteiger partial charge in [-0.15, -0.1) is 0 Å². The van der Waals surface area contributed by atoms with E-state index in [1.807, 2.05) is 6.07 Å². The molecule has 3 aromatic carbocycles. The molecule has 192 valence electrons. The monoisotopic (exact) mass is 518 g/mol. The largest absolute Gasteiger partial charge is 0.493 e. The zero-order valence-corrected chi connectivity index (χ0v) is 21.4. The topological polar surface area (TPSA) is 109 Å². The molecule has 0 unspecified atom stereocenters. The molecule has 4 N–H and O–H groups in total. The van der Waals surface area contributed by atoms with Gasteiger partial charge in [0.25, 0.3) is 17.7 Å². The van der Waals surface area contributed by atoms with Crippen molar-refractivity contribution in [1.82, 2.24) is 16.2 Å². The molecule has 0 aromatic heterocycles. The van der Waals surface area contributed by atoms with Crippen LogP contribution >= 0.6 is 12.2 Å². The number of hydrogen-bond acceptors (Lipinski definition) is 5. The molecule has 0 saturated heterocycles. The third-order valence-corrected chi connectivity index (χ3v) is 5.55. The summed E-state index contributed by atoms with van der Waals surface area (Å²) in [5.74, 6) is -0.686. The smallest absolute Gasteiger partial charge is 0.269 e. The van der Waals surface area contributed by atoms with E-state index < -0.39 is 11.8 Å². The molecule has 0 fully saturated rings. The number of nitrogens with one attached hydrogen (secondary N) is 4. The predicted octanol–water partition coefficient (Wildman–Crippen LogP) is 4.85. The van der Waals surface area contributed by atoms with E-state index in [2.05, 4.69) is 28.4 Å². The average molecular weight is 519 g/mol. The molecule has 0 saturated carbocycles. The Morgan fingerprint density at radius 3 is 2.14 bits per heavy atom. The van der Waals surface area contributed by atoms with Crippen molar-refractivity contribution in [2.45, 2.75) is 32.6 Å². The van der Waals surface area contributed by atoms with E-state index in [-0.39, 0.29) is 11.0 Å². The normalized spacial score (nSPS) is 10.2. The number of carbonyl (C=O) groups excluding carboxylic acids is 3. The SMILES string of the molecule is CCCCCCOc1ccccc1C(=O)NC(=S)NNC(=O)c1ccc(NC(=O)c2ccccc2)cc1. The Hall–Kier alpha value is -4.24. The summed E-state index contributed by atoms with van der Waals surface area (Å²) in [6.45, 7) is 2.67. The summed E-state index contributed by atoms with van der Waals surface area (Å²) in [4.78, 5) is 37.4. The minimum atomic E-state index is -0.464. The van der Waals surface area contributed by atoms with Crippen LogP contribution in [0.4, 0.5) is 5.69 Å². The van der Waals surface area contributed by atoms with Crippen molar-refractivity contribution >= 4 is 40.7 Å². The molecule has 0 aliphatic carbocycles. The maximum absolute atomic E-state index is 12.7. The number of carbonyl (C=O) groups is 3. The number of hydrazine groups is 1. The standard InChI is InChI=1S/C28H30N4O4S/c1-2-3-4-10-19-36-24-14-9-8-13-23(24)27(35)30-28(37)32-31-26(34)21-15-17-22(18-16-21)29-25(33)20-11-6-5-7-12-20/h5-9,11-18H,2-4,10,19H2,1H3,(H,29,33)(H,31,34)(H2,30,32,35,37). The molecule has 8 nitrogen and oxygen atoms in total. The van der Waals surface area contributed by atoms with Crippen LogP contribution in [0.25, 0.3) is 0 Å². The van der Waals surface area contributed by atoms with Crippen LogP contribution < -0.4 is 26.2 Å². The minimum Gasteiger partial charge on any atom is -0.493 e. The number of anilines is 1. The second kappa shape index (κ2) is 14.4. The lowest BCUT2D eigenvalue weighted by Gasteiger charge is -2.13. The highest BCUT2D eigenvalue weighted by Gasteiger charge is 2.14. The molecule has 3 rings (SSSR count). The molecule has 0 aliphatic heterocycles. The molecule has 3 aromatic rings. The maximum Gasteiger partial charge on any atom is 0.269 e. The van der Waals surface area contributed by atoms with Crippen LogP contribution in [0.3, 0.4) is 0 Å². The van der Waals surface area contributed by atoms with Gasteiger partial charge in [-0.05, 0) is 67.2 Å². The van der Waals surface area contributed by atoms with Gasteiger partial charge in [0.05, 0.1) is 12.2 Å². The minimum absolute atomic E-state index is 0.0668. The van der Waals surface area contributed by atoms with Crippen LogP contribution in [0.15, 0.2) is 78.9 Å². The number of benzene rings is 3. The number of para-hydroxylation sites is 1.